The fourth-order valence-electron chi connectivity index (χ4n) is 8.08. The van der Waals surface area contributed by atoms with E-state index in [0.29, 0.717) is 24.8 Å². The molecule has 1 saturated heterocycles. The number of carbonyl (C=O) groups excluding carboxylic acids is 3. The Labute approximate surface area is 198 Å². The highest BCUT2D eigenvalue weighted by Crippen LogP contribution is 2.72. The van der Waals surface area contributed by atoms with Crippen LogP contribution in [0.1, 0.15) is 60.3 Å². The predicted octanol–water partition coefficient (Wildman–Crippen LogP) is 2.99. The molecule has 4 aliphatic carbocycles. The molecule has 1 N–H and O–H groups in total. The summed E-state index contributed by atoms with van der Waals surface area (Å²) < 4.78 is 34.9. The van der Waals surface area contributed by atoms with E-state index in [9.17, 15) is 19.5 Å². The van der Waals surface area contributed by atoms with E-state index >= 15 is 4.39 Å². The Kier molecular flexibility index (Phi) is 4.96. The van der Waals surface area contributed by atoms with Crippen molar-refractivity contribution in [1.29, 1.82) is 0 Å². The summed E-state index contributed by atoms with van der Waals surface area (Å²) in [5, 5.41) is 11.5. The maximum Gasteiger partial charge on any atom is 0.303 e. The normalized spacial score (nSPS) is 48.3. The molecule has 0 amide bonds. The zero-order valence-electron chi connectivity index (χ0n) is 20.4. The van der Waals surface area contributed by atoms with Gasteiger partial charge in [0.15, 0.2) is 29.4 Å². The van der Waals surface area contributed by atoms with Gasteiger partial charge >= 0.3 is 5.97 Å². The SMILES string of the molecule is CC(=O)OCC(=O)[C@@]12OC(C)(C)O[C@@H]1C[C@@H]1[C@H]3CCC4=CC(=O)C=C[C@]4(C)[C@@]3(F)[C@@H](O)C[C@@]12C. The second-order valence-corrected chi connectivity index (χ2v) is 11.5. The molecule has 4 fully saturated rings. The topological polar surface area (TPSA) is 99.1 Å². The molecule has 1 heterocycles. The maximum atomic E-state index is 17.3. The molecule has 0 aromatic heterocycles. The van der Waals surface area contributed by atoms with Gasteiger partial charge in [-0.05, 0) is 64.5 Å². The monoisotopic (exact) mass is 476 g/mol. The number of fused-ring (bicyclic) bond motifs is 7. The maximum absolute atomic E-state index is 17.3. The van der Waals surface area contributed by atoms with Crippen molar-refractivity contribution in [2.75, 3.05) is 6.61 Å². The summed E-state index contributed by atoms with van der Waals surface area (Å²) >= 11 is 0. The first-order chi connectivity index (χ1) is 15.7. The largest absolute Gasteiger partial charge is 0.458 e. The number of aliphatic hydroxyl groups excluding tert-OH is 1. The van der Waals surface area contributed by atoms with Crippen LogP contribution in [0.25, 0.3) is 0 Å². The Morgan fingerprint density at radius 2 is 1.94 bits per heavy atom. The minimum Gasteiger partial charge on any atom is -0.458 e. The van der Waals surface area contributed by atoms with Gasteiger partial charge in [0.25, 0.3) is 0 Å². The van der Waals surface area contributed by atoms with E-state index in [1.807, 2.05) is 6.92 Å². The third-order valence-electron chi connectivity index (χ3n) is 9.45. The lowest BCUT2D eigenvalue weighted by Crippen LogP contribution is -2.70. The molecule has 0 spiro atoms. The molecular weight excluding hydrogens is 443 g/mol. The number of alkyl halides is 1. The van der Waals surface area contributed by atoms with Crippen molar-refractivity contribution in [2.45, 2.75) is 89.6 Å². The van der Waals surface area contributed by atoms with Crippen LogP contribution in [0.5, 0.6) is 0 Å². The first-order valence-corrected chi connectivity index (χ1v) is 12.1. The third-order valence-corrected chi connectivity index (χ3v) is 9.45. The summed E-state index contributed by atoms with van der Waals surface area (Å²) in [6, 6.07) is 0. The molecular formula is C26H33FO7. The highest BCUT2D eigenvalue weighted by molar-refractivity contribution is 6.01. The lowest BCUT2D eigenvalue weighted by Gasteiger charge is -2.62. The van der Waals surface area contributed by atoms with Crippen LogP contribution in [-0.4, -0.2) is 58.5 Å². The van der Waals surface area contributed by atoms with Crippen LogP contribution in [0.2, 0.25) is 0 Å². The van der Waals surface area contributed by atoms with Gasteiger partial charge in [-0.1, -0.05) is 18.6 Å². The number of ketones is 2. The number of halogens is 1. The Balaban J connectivity index is 1.60. The lowest BCUT2D eigenvalue weighted by atomic mass is 9.44. The Morgan fingerprint density at radius 3 is 2.62 bits per heavy atom. The summed E-state index contributed by atoms with van der Waals surface area (Å²) in [6.45, 7) is 7.86. The summed E-state index contributed by atoms with van der Waals surface area (Å²) in [5.41, 5.74) is -4.82. The van der Waals surface area contributed by atoms with Crippen LogP contribution in [0.15, 0.2) is 23.8 Å². The molecule has 8 heteroatoms. The van der Waals surface area contributed by atoms with Gasteiger partial charge in [-0.15, -0.1) is 0 Å². The average Bonchev–Trinajstić information content (AvgIpc) is 3.14. The summed E-state index contributed by atoms with van der Waals surface area (Å²) in [6.07, 6.45) is 3.81. The number of hydrogen-bond donors (Lipinski definition) is 1. The number of carbonyl (C=O) groups is 3. The molecule has 5 rings (SSSR count). The first-order valence-electron chi connectivity index (χ1n) is 12.1. The summed E-state index contributed by atoms with van der Waals surface area (Å²) in [7, 11) is 0. The molecule has 0 radical (unpaired) electrons. The summed E-state index contributed by atoms with van der Waals surface area (Å²) in [5.74, 6) is -3.11. The van der Waals surface area contributed by atoms with E-state index in [2.05, 4.69) is 0 Å². The zero-order chi connectivity index (χ0) is 24.9. The van der Waals surface area contributed by atoms with Crippen LogP contribution in [0.3, 0.4) is 0 Å². The molecule has 0 aromatic carbocycles. The van der Waals surface area contributed by atoms with E-state index in [-0.39, 0.29) is 18.1 Å². The fourth-order valence-corrected chi connectivity index (χ4v) is 8.08. The minimum absolute atomic E-state index is 0.0168. The van der Waals surface area contributed by atoms with Crippen LogP contribution >= 0.6 is 0 Å². The van der Waals surface area contributed by atoms with Crippen LogP contribution in [0.4, 0.5) is 4.39 Å². The van der Waals surface area contributed by atoms with Crippen LogP contribution < -0.4 is 0 Å². The predicted molar refractivity (Wildman–Crippen MR) is 118 cm³/mol. The minimum atomic E-state index is -2.01. The number of rotatable bonds is 3. The number of Topliss-reactive ketones (excluding diaryl/α,β-unsaturated/α-hetero) is 1. The fraction of sp³-hybridized carbons (Fsp3) is 0.731. The van der Waals surface area contributed by atoms with Crippen molar-refractivity contribution in [3.05, 3.63) is 23.8 Å². The quantitative estimate of drug-likeness (QED) is 0.625. The highest BCUT2D eigenvalue weighted by atomic mass is 19.1. The number of esters is 1. The van der Waals surface area contributed by atoms with Gasteiger partial charge in [0.1, 0.15) is 0 Å². The van der Waals surface area contributed by atoms with Crippen molar-refractivity contribution in [2.24, 2.45) is 22.7 Å². The van der Waals surface area contributed by atoms with Crippen LogP contribution in [-0.2, 0) is 28.6 Å². The molecule has 0 aromatic rings. The van der Waals surface area contributed by atoms with E-state index in [0.717, 1.165) is 0 Å². The number of ether oxygens (including phenoxy) is 3. The van der Waals surface area contributed by atoms with Crippen molar-refractivity contribution < 1.29 is 38.1 Å². The van der Waals surface area contributed by atoms with Crippen molar-refractivity contribution in [1.82, 2.24) is 0 Å². The lowest BCUT2D eigenvalue weighted by molar-refractivity contribution is -0.246. The van der Waals surface area contributed by atoms with Gasteiger partial charge in [-0.2, -0.15) is 0 Å². The second kappa shape index (κ2) is 7.08. The van der Waals surface area contributed by atoms with Gasteiger partial charge in [-0.25, -0.2) is 4.39 Å². The van der Waals surface area contributed by atoms with E-state index in [4.69, 9.17) is 14.2 Å². The number of hydrogen-bond acceptors (Lipinski definition) is 7. The van der Waals surface area contributed by atoms with Crippen molar-refractivity contribution in [3.63, 3.8) is 0 Å². The molecule has 0 unspecified atom stereocenters. The Morgan fingerprint density at radius 1 is 1.24 bits per heavy atom. The summed E-state index contributed by atoms with van der Waals surface area (Å²) in [4.78, 5) is 37.1. The molecule has 7 nitrogen and oxygen atoms in total. The zero-order valence-corrected chi connectivity index (χ0v) is 20.4. The number of aliphatic hydroxyl groups is 1. The Bertz CT molecular complexity index is 1030. The average molecular weight is 477 g/mol. The van der Waals surface area contributed by atoms with Gasteiger partial charge in [0.05, 0.1) is 12.2 Å². The van der Waals surface area contributed by atoms with Gasteiger partial charge < -0.3 is 19.3 Å². The number of allylic oxidation sites excluding steroid dienone is 4. The smallest absolute Gasteiger partial charge is 0.303 e. The van der Waals surface area contributed by atoms with Crippen molar-refractivity contribution in [3.8, 4) is 0 Å². The van der Waals surface area contributed by atoms with E-state index in [1.54, 1.807) is 26.8 Å². The second-order valence-electron chi connectivity index (χ2n) is 11.5. The standard InChI is InChI=1S/C26H33FO7/c1-14(28)32-13-20(31)26-21(33-22(2,3)34-26)11-18-17-7-6-15-10-16(29)8-9-23(15,4)25(17,27)19(30)12-24(18,26)5/h8-10,17-19,21,30H,6-7,11-13H2,1-5H3/t17-,18-,19+,21-,23+,24+,25+,26-/m1/s1. The van der Waals surface area contributed by atoms with Gasteiger partial charge in [-0.3, -0.25) is 14.4 Å². The Hall–Kier alpha value is -1.90. The van der Waals surface area contributed by atoms with Gasteiger partial charge in [0, 0.05) is 23.7 Å². The molecule has 5 aliphatic rings. The van der Waals surface area contributed by atoms with Gasteiger partial charge in [0.2, 0.25) is 5.78 Å². The first kappa shape index (κ1) is 23.8. The molecule has 34 heavy (non-hydrogen) atoms. The van der Waals surface area contributed by atoms with E-state index < -0.39 is 64.4 Å². The molecule has 0 bridgehead atoms. The molecule has 186 valence electrons. The van der Waals surface area contributed by atoms with Crippen molar-refractivity contribution >= 4 is 17.5 Å². The molecule has 3 saturated carbocycles. The van der Waals surface area contributed by atoms with E-state index in [1.165, 1.54) is 19.1 Å². The highest BCUT2D eigenvalue weighted by Gasteiger charge is 2.80. The molecule has 1 aliphatic heterocycles. The molecule has 8 atom stereocenters. The third kappa shape index (κ3) is 2.76. The van der Waals surface area contributed by atoms with Crippen LogP contribution in [0, 0.1) is 22.7 Å².